The normalized spacial score (nSPS) is 14.5. The molecule has 1 N–H and O–H groups in total. The average Bonchev–Trinajstić information content (AvgIpc) is 3.45. The van der Waals surface area contributed by atoms with Gasteiger partial charge in [-0.15, -0.1) is 0 Å². The van der Waals surface area contributed by atoms with E-state index in [9.17, 15) is 22.4 Å². The zero-order valence-corrected chi connectivity index (χ0v) is 23.2. The lowest BCUT2D eigenvalue weighted by molar-refractivity contribution is -0.139. The van der Waals surface area contributed by atoms with Crippen molar-refractivity contribution >= 4 is 39.1 Å². The standard InChI is InChI=1S/C29H31ClFN3O4S/c1-21(29(36)32-24-10-6-7-11-24)33(19-22-9-5-8-14-27(22)30)28(35)20-34(25-17-15-23(31)16-18-25)39(37,38)26-12-3-2-4-13-26/h2-5,8-9,12-18,21,24H,6-7,10-11,19-20H2,1H3,(H,32,36). The van der Waals surface area contributed by atoms with Gasteiger partial charge in [0.05, 0.1) is 10.6 Å². The van der Waals surface area contributed by atoms with Gasteiger partial charge >= 0.3 is 0 Å². The molecular weight excluding hydrogens is 541 g/mol. The first kappa shape index (κ1) is 28.6. The van der Waals surface area contributed by atoms with E-state index in [4.69, 9.17) is 11.6 Å². The van der Waals surface area contributed by atoms with Crippen molar-refractivity contribution in [3.8, 4) is 0 Å². The summed E-state index contributed by atoms with van der Waals surface area (Å²) in [6.45, 7) is 1.02. The molecule has 3 aromatic rings. The summed E-state index contributed by atoms with van der Waals surface area (Å²) in [4.78, 5) is 28.4. The molecule has 0 heterocycles. The molecule has 0 radical (unpaired) electrons. The van der Waals surface area contributed by atoms with Crippen molar-refractivity contribution < 1.29 is 22.4 Å². The lowest BCUT2D eigenvalue weighted by Crippen LogP contribution is -2.52. The third-order valence-electron chi connectivity index (χ3n) is 6.89. The van der Waals surface area contributed by atoms with E-state index < -0.39 is 34.3 Å². The zero-order valence-electron chi connectivity index (χ0n) is 21.6. The van der Waals surface area contributed by atoms with Crippen molar-refractivity contribution in [3.63, 3.8) is 0 Å². The summed E-state index contributed by atoms with van der Waals surface area (Å²) >= 11 is 6.38. The van der Waals surface area contributed by atoms with Crippen LogP contribution < -0.4 is 9.62 Å². The molecule has 1 unspecified atom stereocenters. The van der Waals surface area contributed by atoms with Gasteiger partial charge < -0.3 is 10.2 Å². The number of carbonyl (C=O) groups excluding carboxylic acids is 2. The van der Waals surface area contributed by atoms with Crippen LogP contribution in [0.2, 0.25) is 5.02 Å². The van der Waals surface area contributed by atoms with Crippen LogP contribution in [0.25, 0.3) is 0 Å². The Morgan fingerprint density at radius 3 is 2.23 bits per heavy atom. The molecule has 7 nitrogen and oxygen atoms in total. The van der Waals surface area contributed by atoms with Crippen LogP contribution in [0.1, 0.15) is 38.2 Å². The fourth-order valence-electron chi connectivity index (χ4n) is 4.64. The molecule has 0 aromatic heterocycles. The molecule has 1 fully saturated rings. The van der Waals surface area contributed by atoms with Crippen molar-refractivity contribution in [1.82, 2.24) is 10.2 Å². The van der Waals surface area contributed by atoms with Gasteiger partial charge in [-0.2, -0.15) is 0 Å². The monoisotopic (exact) mass is 571 g/mol. The predicted molar refractivity (Wildman–Crippen MR) is 149 cm³/mol. The van der Waals surface area contributed by atoms with Crippen molar-refractivity contribution in [2.45, 2.75) is 56.1 Å². The first-order valence-electron chi connectivity index (χ1n) is 12.8. The highest BCUT2D eigenvalue weighted by Crippen LogP contribution is 2.26. The summed E-state index contributed by atoms with van der Waals surface area (Å²) in [6, 6.07) is 18.7. The highest BCUT2D eigenvalue weighted by Gasteiger charge is 2.33. The number of amides is 2. The zero-order chi connectivity index (χ0) is 28.0. The number of halogens is 2. The van der Waals surface area contributed by atoms with Crippen LogP contribution in [0.5, 0.6) is 0 Å². The van der Waals surface area contributed by atoms with Crippen LogP contribution in [-0.4, -0.2) is 43.8 Å². The molecular formula is C29H31ClFN3O4S. The lowest BCUT2D eigenvalue weighted by Gasteiger charge is -2.32. The number of nitrogens with one attached hydrogen (secondary N) is 1. The third-order valence-corrected chi connectivity index (χ3v) is 9.05. The van der Waals surface area contributed by atoms with E-state index in [-0.39, 0.29) is 29.1 Å². The first-order chi connectivity index (χ1) is 18.7. The highest BCUT2D eigenvalue weighted by molar-refractivity contribution is 7.92. The molecule has 0 saturated heterocycles. The Morgan fingerprint density at radius 1 is 0.974 bits per heavy atom. The Labute approximate surface area is 233 Å². The number of hydrogen-bond donors (Lipinski definition) is 1. The number of hydrogen-bond acceptors (Lipinski definition) is 4. The second kappa shape index (κ2) is 12.6. The number of rotatable bonds is 10. The first-order valence-corrected chi connectivity index (χ1v) is 14.6. The number of anilines is 1. The van der Waals surface area contributed by atoms with Crippen molar-refractivity contribution in [3.05, 3.63) is 95.3 Å². The van der Waals surface area contributed by atoms with Crippen LogP contribution in [0.3, 0.4) is 0 Å². The molecule has 1 saturated carbocycles. The SMILES string of the molecule is CC(C(=O)NC1CCCC1)N(Cc1ccccc1Cl)C(=O)CN(c1ccc(F)cc1)S(=O)(=O)c1ccccc1. The predicted octanol–water partition coefficient (Wildman–Crippen LogP) is 5.15. The number of nitrogens with zero attached hydrogens (tertiary/aromatic N) is 2. The van der Waals surface area contributed by atoms with Crippen LogP contribution in [-0.2, 0) is 26.2 Å². The van der Waals surface area contributed by atoms with Gasteiger partial charge in [-0.25, -0.2) is 12.8 Å². The maximum atomic E-state index is 13.9. The Balaban J connectivity index is 1.68. The summed E-state index contributed by atoms with van der Waals surface area (Å²) in [7, 11) is -4.20. The van der Waals surface area contributed by atoms with Gasteiger partial charge in [0, 0.05) is 17.6 Å². The minimum Gasteiger partial charge on any atom is -0.352 e. The fraction of sp³-hybridized carbons (Fsp3) is 0.310. The highest BCUT2D eigenvalue weighted by atomic mass is 35.5. The third kappa shape index (κ3) is 6.96. The summed E-state index contributed by atoms with van der Waals surface area (Å²) in [5.74, 6) is -1.46. The van der Waals surface area contributed by atoms with Gasteiger partial charge in [0.2, 0.25) is 11.8 Å². The second-order valence-corrected chi connectivity index (χ2v) is 11.8. The Kier molecular flexibility index (Phi) is 9.24. The maximum absolute atomic E-state index is 13.9. The van der Waals surface area contributed by atoms with Crippen molar-refractivity contribution in [2.75, 3.05) is 10.8 Å². The minimum atomic E-state index is -4.20. The molecule has 1 aliphatic rings. The Hall–Kier alpha value is -3.43. The van der Waals surface area contributed by atoms with E-state index in [1.165, 1.54) is 29.2 Å². The van der Waals surface area contributed by atoms with Crippen molar-refractivity contribution in [2.24, 2.45) is 0 Å². The smallest absolute Gasteiger partial charge is 0.264 e. The van der Waals surface area contributed by atoms with E-state index in [2.05, 4.69) is 5.32 Å². The van der Waals surface area contributed by atoms with Crippen LogP contribution >= 0.6 is 11.6 Å². The number of sulfonamides is 1. The Bertz CT molecular complexity index is 1400. The van der Waals surface area contributed by atoms with Crippen LogP contribution in [0.15, 0.2) is 83.8 Å². The van der Waals surface area contributed by atoms with Crippen molar-refractivity contribution in [1.29, 1.82) is 0 Å². The maximum Gasteiger partial charge on any atom is 0.264 e. The summed E-state index contributed by atoms with van der Waals surface area (Å²) in [5, 5.41) is 3.44. The van der Waals surface area contributed by atoms with Gasteiger partial charge in [0.15, 0.2) is 0 Å². The van der Waals surface area contributed by atoms with E-state index in [1.54, 1.807) is 49.4 Å². The molecule has 0 aliphatic heterocycles. The Morgan fingerprint density at radius 2 is 1.59 bits per heavy atom. The summed E-state index contributed by atoms with van der Waals surface area (Å²) in [5.41, 5.74) is 0.738. The second-order valence-electron chi connectivity index (χ2n) is 9.58. The summed E-state index contributed by atoms with van der Waals surface area (Å²) < 4.78 is 42.0. The molecule has 1 atom stereocenters. The van der Waals surface area contributed by atoms with E-state index >= 15 is 0 Å². The lowest BCUT2D eigenvalue weighted by atomic mass is 10.1. The van der Waals surface area contributed by atoms with Gasteiger partial charge in [0.1, 0.15) is 18.4 Å². The van der Waals surface area contributed by atoms with E-state index in [1.807, 2.05) is 0 Å². The molecule has 206 valence electrons. The van der Waals surface area contributed by atoms with Gasteiger partial charge in [-0.1, -0.05) is 60.8 Å². The summed E-state index contributed by atoms with van der Waals surface area (Å²) in [6.07, 6.45) is 3.83. The van der Waals surface area contributed by atoms with Gasteiger partial charge in [0.25, 0.3) is 10.0 Å². The van der Waals surface area contributed by atoms with Gasteiger partial charge in [-0.3, -0.25) is 13.9 Å². The van der Waals surface area contributed by atoms with E-state index in [0.717, 1.165) is 42.1 Å². The molecule has 10 heteroatoms. The number of benzene rings is 3. The molecule has 0 bridgehead atoms. The van der Waals surface area contributed by atoms with Gasteiger partial charge in [-0.05, 0) is 67.8 Å². The van der Waals surface area contributed by atoms with Crippen LogP contribution in [0.4, 0.5) is 10.1 Å². The minimum absolute atomic E-state index is 0.000399. The molecule has 2 amide bonds. The molecule has 4 rings (SSSR count). The largest absolute Gasteiger partial charge is 0.352 e. The van der Waals surface area contributed by atoms with E-state index in [0.29, 0.717) is 10.6 Å². The molecule has 39 heavy (non-hydrogen) atoms. The molecule has 3 aromatic carbocycles. The molecule has 1 aliphatic carbocycles. The quantitative estimate of drug-likeness (QED) is 0.365. The van der Waals surface area contributed by atoms with Crippen LogP contribution in [0, 0.1) is 5.82 Å². The average molecular weight is 572 g/mol. The molecule has 0 spiro atoms. The topological polar surface area (TPSA) is 86.8 Å². The fourth-order valence-corrected chi connectivity index (χ4v) is 6.27. The number of carbonyl (C=O) groups is 2.